The largest absolute Gasteiger partial charge is 0.472 e. The van der Waals surface area contributed by atoms with Gasteiger partial charge in [-0.15, -0.1) is 0 Å². The number of hydrogen-bond donors (Lipinski definition) is 3. The third-order valence-corrected chi connectivity index (χ3v) is 13.5. The fraction of sp³-hybridized carbons (Fsp3) is 0.603. The molecule has 3 atom stereocenters. The number of phosphoric acid groups is 1. The lowest BCUT2D eigenvalue weighted by atomic mass is 10.0. The fourth-order valence-corrected chi connectivity index (χ4v) is 8.52. The molecule has 9 heteroatoms. The molecule has 0 bridgehead atoms. The molecule has 8 nitrogen and oxygen atoms in total. The van der Waals surface area contributed by atoms with Gasteiger partial charge in [-0.2, -0.15) is 0 Å². The maximum Gasteiger partial charge on any atom is 0.472 e. The number of hydrogen-bond acceptors (Lipinski definition) is 5. The van der Waals surface area contributed by atoms with Crippen molar-refractivity contribution in [3.05, 3.63) is 158 Å². The molecule has 0 aromatic rings. The number of carbonyl (C=O) groups is 1. The molecular formula is C68H114N2O6P+. The SMILES string of the molecule is CC/C=C\C/C=C\C/C=C\C/C=C\C/C=C\C/C=C\C/C=C\C/C=C\C/C=C\C/C=C\C/C=C\C/C=C\CCCCCCC(=O)NC(COP(=O)(O)OCC[N+](C)(C)C)C(O)/C=C/CCCCCCCCCCCCCC. The van der Waals surface area contributed by atoms with Crippen molar-refractivity contribution in [2.24, 2.45) is 0 Å². The van der Waals surface area contributed by atoms with Crippen molar-refractivity contribution in [3.8, 4) is 0 Å². The second-order valence-electron chi connectivity index (χ2n) is 21.0. The Bertz CT molecular complexity index is 1810. The van der Waals surface area contributed by atoms with Crippen LogP contribution < -0.4 is 5.32 Å². The summed E-state index contributed by atoms with van der Waals surface area (Å²) < 4.78 is 23.7. The van der Waals surface area contributed by atoms with E-state index in [1.807, 2.05) is 27.2 Å². The van der Waals surface area contributed by atoms with E-state index in [0.717, 1.165) is 128 Å². The van der Waals surface area contributed by atoms with Gasteiger partial charge < -0.3 is 19.8 Å². The summed E-state index contributed by atoms with van der Waals surface area (Å²) in [5, 5.41) is 13.9. The van der Waals surface area contributed by atoms with E-state index >= 15 is 0 Å². The lowest BCUT2D eigenvalue weighted by Gasteiger charge is -2.25. The van der Waals surface area contributed by atoms with Gasteiger partial charge in [0.05, 0.1) is 39.9 Å². The number of unbranched alkanes of at least 4 members (excludes halogenated alkanes) is 16. The Balaban J connectivity index is 4.20. The number of allylic oxidation sites excluding steroid dienone is 25. The first-order valence-electron chi connectivity index (χ1n) is 30.4. The van der Waals surface area contributed by atoms with Gasteiger partial charge in [-0.3, -0.25) is 13.8 Å². The zero-order valence-corrected chi connectivity index (χ0v) is 50.5. The smallest absolute Gasteiger partial charge is 0.387 e. The number of nitrogens with zero attached hydrogens (tertiary/aromatic N) is 1. The summed E-state index contributed by atoms with van der Waals surface area (Å²) in [5.41, 5.74) is 0. The topological polar surface area (TPSA) is 105 Å². The first kappa shape index (κ1) is 73.1. The van der Waals surface area contributed by atoms with Crippen LogP contribution in [0.15, 0.2) is 158 Å². The Hall–Kier alpha value is -3.88. The maximum atomic E-state index is 13.0. The van der Waals surface area contributed by atoms with E-state index in [2.05, 4.69) is 165 Å². The van der Waals surface area contributed by atoms with Crippen LogP contribution in [0.4, 0.5) is 0 Å². The van der Waals surface area contributed by atoms with E-state index in [1.165, 1.54) is 64.2 Å². The van der Waals surface area contributed by atoms with Crippen molar-refractivity contribution in [2.75, 3.05) is 40.9 Å². The average molecular weight is 1090 g/mol. The third kappa shape index (κ3) is 59.6. The molecule has 0 aliphatic heterocycles. The molecule has 0 rings (SSSR count). The second kappa shape index (κ2) is 56.8. The molecule has 436 valence electrons. The predicted octanol–water partition coefficient (Wildman–Crippen LogP) is 19.0. The summed E-state index contributed by atoms with van der Waals surface area (Å²) in [6.07, 6.45) is 89.2. The zero-order valence-electron chi connectivity index (χ0n) is 49.6. The van der Waals surface area contributed by atoms with E-state index in [4.69, 9.17) is 9.05 Å². The molecule has 0 aromatic heterocycles. The van der Waals surface area contributed by atoms with Crippen LogP contribution in [0.1, 0.15) is 213 Å². The molecule has 3 unspecified atom stereocenters. The highest BCUT2D eigenvalue weighted by atomic mass is 31.2. The molecule has 0 radical (unpaired) electrons. The number of quaternary nitrogens is 1. The second-order valence-corrected chi connectivity index (χ2v) is 22.4. The normalized spacial score (nSPS) is 14.9. The van der Waals surface area contributed by atoms with Gasteiger partial charge in [0.2, 0.25) is 5.91 Å². The minimum atomic E-state index is -4.36. The molecule has 3 N–H and O–H groups in total. The average Bonchev–Trinajstić information content (AvgIpc) is 3.39. The monoisotopic (exact) mass is 1090 g/mol. The molecule has 1 amide bonds. The Labute approximate surface area is 473 Å². The molecule has 0 saturated heterocycles. The number of nitrogens with one attached hydrogen (secondary N) is 1. The number of phosphoric ester groups is 1. The molecule has 0 aliphatic rings. The summed E-state index contributed by atoms with van der Waals surface area (Å²) in [6.45, 7) is 4.66. The number of likely N-dealkylation sites (N-methyl/N-ethyl adjacent to an activating group) is 1. The molecule has 0 saturated carbocycles. The molecule has 0 aromatic carbocycles. The molecular weight excluding hydrogens is 972 g/mol. The van der Waals surface area contributed by atoms with Crippen LogP contribution in [0.3, 0.4) is 0 Å². The van der Waals surface area contributed by atoms with Crippen LogP contribution in [0, 0.1) is 0 Å². The van der Waals surface area contributed by atoms with E-state index < -0.39 is 20.0 Å². The van der Waals surface area contributed by atoms with Crippen LogP contribution >= 0.6 is 7.82 Å². The minimum absolute atomic E-state index is 0.0480. The summed E-state index contributed by atoms with van der Waals surface area (Å²) in [6, 6.07) is -0.871. The van der Waals surface area contributed by atoms with E-state index in [0.29, 0.717) is 17.4 Å². The lowest BCUT2D eigenvalue weighted by molar-refractivity contribution is -0.870. The van der Waals surface area contributed by atoms with E-state index in [1.54, 1.807) is 6.08 Å². The summed E-state index contributed by atoms with van der Waals surface area (Å²) in [4.78, 5) is 23.3. The van der Waals surface area contributed by atoms with Crippen LogP contribution in [0.2, 0.25) is 0 Å². The quantitative estimate of drug-likeness (QED) is 0.0243. The molecule has 0 spiro atoms. The predicted molar refractivity (Wildman–Crippen MR) is 336 cm³/mol. The number of aliphatic hydroxyl groups excluding tert-OH is 1. The number of carbonyl (C=O) groups excluding carboxylic acids is 1. The third-order valence-electron chi connectivity index (χ3n) is 12.5. The number of amides is 1. The first-order chi connectivity index (χ1) is 37.5. The highest BCUT2D eigenvalue weighted by Gasteiger charge is 2.27. The Morgan fingerprint density at radius 1 is 0.455 bits per heavy atom. The van der Waals surface area contributed by atoms with Crippen molar-refractivity contribution in [3.63, 3.8) is 0 Å². The number of aliphatic hydroxyl groups is 1. The van der Waals surface area contributed by atoms with Gasteiger partial charge in [0.1, 0.15) is 13.2 Å². The van der Waals surface area contributed by atoms with Gasteiger partial charge in [0.15, 0.2) is 0 Å². The van der Waals surface area contributed by atoms with Gasteiger partial charge in [0.25, 0.3) is 0 Å². The lowest BCUT2D eigenvalue weighted by Crippen LogP contribution is -2.45. The fourth-order valence-electron chi connectivity index (χ4n) is 7.79. The molecule has 0 aliphatic carbocycles. The van der Waals surface area contributed by atoms with Gasteiger partial charge in [-0.05, 0) is 109 Å². The van der Waals surface area contributed by atoms with Crippen molar-refractivity contribution in [1.29, 1.82) is 0 Å². The van der Waals surface area contributed by atoms with Gasteiger partial charge in [-0.25, -0.2) is 4.57 Å². The molecule has 0 heterocycles. The van der Waals surface area contributed by atoms with Gasteiger partial charge in [-0.1, -0.05) is 255 Å². The van der Waals surface area contributed by atoms with Gasteiger partial charge >= 0.3 is 7.82 Å². The Morgan fingerprint density at radius 3 is 1.14 bits per heavy atom. The highest BCUT2D eigenvalue weighted by Crippen LogP contribution is 2.43. The van der Waals surface area contributed by atoms with E-state index in [9.17, 15) is 19.4 Å². The van der Waals surface area contributed by atoms with Crippen LogP contribution in [0.25, 0.3) is 0 Å². The summed E-state index contributed by atoms with van der Waals surface area (Å²) >= 11 is 0. The Morgan fingerprint density at radius 2 is 0.779 bits per heavy atom. The summed E-state index contributed by atoms with van der Waals surface area (Å²) in [7, 11) is 1.53. The van der Waals surface area contributed by atoms with Crippen molar-refractivity contribution >= 4 is 13.7 Å². The standard InChI is InChI=1S/C68H113N2O6P/c1-6-8-10-12-14-16-18-20-22-23-24-25-26-27-28-29-30-31-32-33-34-35-36-37-38-39-40-41-42-43-44-45-46-47-48-50-52-54-56-58-60-62-68(72)69-66(65-76-77(73,74)75-64-63-70(3,4)5)67(71)61-59-57-55-53-51-49-21-19-17-15-13-11-9-7-2/h8,10,14,16,20,22,24-25,27-28,30-31,33-34,36-37,39-40,42-43,45-46,48,50,59,61,66-67,71H,6-7,9,11-13,15,17-19,21,23,26,29,32,35,38,41,44,47,49,51-58,60,62-65H2,1-5H3,(H-,69,72,73,74)/p+1/b10-8-,16-14-,22-20-,25-24-,28-27-,31-30-,34-33-,37-36-,40-39-,43-42-,46-45-,50-48-,61-59+. The van der Waals surface area contributed by atoms with Gasteiger partial charge in [0, 0.05) is 6.42 Å². The van der Waals surface area contributed by atoms with E-state index in [-0.39, 0.29) is 19.1 Å². The van der Waals surface area contributed by atoms with Crippen LogP contribution in [-0.2, 0) is 18.4 Å². The number of rotatable bonds is 53. The highest BCUT2D eigenvalue weighted by molar-refractivity contribution is 7.47. The zero-order chi connectivity index (χ0) is 56.3. The van der Waals surface area contributed by atoms with Crippen molar-refractivity contribution < 1.29 is 32.9 Å². The van der Waals surface area contributed by atoms with Crippen molar-refractivity contribution in [2.45, 2.75) is 225 Å². The minimum Gasteiger partial charge on any atom is -0.387 e. The molecule has 0 fully saturated rings. The first-order valence-corrected chi connectivity index (χ1v) is 31.9. The summed E-state index contributed by atoms with van der Waals surface area (Å²) in [5.74, 6) is -0.208. The maximum absolute atomic E-state index is 13.0. The van der Waals surface area contributed by atoms with Crippen LogP contribution in [0.5, 0.6) is 0 Å². The Kier molecular flexibility index (Phi) is 54.0. The van der Waals surface area contributed by atoms with Crippen LogP contribution in [-0.4, -0.2) is 73.4 Å². The molecule has 77 heavy (non-hydrogen) atoms. The van der Waals surface area contributed by atoms with Crippen molar-refractivity contribution in [1.82, 2.24) is 5.32 Å².